The summed E-state index contributed by atoms with van der Waals surface area (Å²) in [5.41, 5.74) is -0.0292. The van der Waals surface area contributed by atoms with Gasteiger partial charge in [-0.05, 0) is 53.6 Å². The van der Waals surface area contributed by atoms with Gasteiger partial charge in [0.25, 0.3) is 5.91 Å². The molecule has 0 atom stereocenters. The van der Waals surface area contributed by atoms with Gasteiger partial charge >= 0.3 is 0 Å². The molecular weight excluding hydrogens is 339 g/mol. The number of rotatable bonds is 2. The maximum Gasteiger partial charge on any atom is 0.252 e. The van der Waals surface area contributed by atoms with Gasteiger partial charge in [-0.3, -0.25) is 4.79 Å². The average Bonchev–Trinajstić information content (AvgIpc) is 2.40. The second kappa shape index (κ2) is 5.70. The molecule has 0 unspecified atom stereocenters. The van der Waals surface area contributed by atoms with E-state index in [-0.39, 0.29) is 5.91 Å². The van der Waals surface area contributed by atoms with Gasteiger partial charge in [0.2, 0.25) is 0 Å². The topological polar surface area (TPSA) is 52.9 Å². The van der Waals surface area contributed by atoms with Crippen molar-refractivity contribution in [3.8, 4) is 6.07 Å². The Bertz CT molecular complexity index is 487. The Morgan fingerprint density at radius 2 is 2.06 bits per heavy atom. The van der Waals surface area contributed by atoms with Crippen molar-refractivity contribution in [3.05, 3.63) is 33.4 Å². The maximum atomic E-state index is 12.2. The molecule has 4 heteroatoms. The van der Waals surface area contributed by atoms with Crippen LogP contribution in [0, 0.1) is 14.9 Å². The molecule has 94 valence electrons. The zero-order valence-corrected chi connectivity index (χ0v) is 12.2. The first-order chi connectivity index (χ1) is 8.65. The lowest BCUT2D eigenvalue weighted by atomic mass is 9.82. The molecule has 0 heterocycles. The summed E-state index contributed by atoms with van der Waals surface area (Å²) in [6, 6.07) is 9.72. The highest BCUT2D eigenvalue weighted by atomic mass is 127. The number of halogens is 1. The van der Waals surface area contributed by atoms with E-state index >= 15 is 0 Å². The molecule has 0 saturated heterocycles. The third kappa shape index (κ3) is 3.02. The van der Waals surface area contributed by atoms with Crippen LogP contribution in [-0.2, 0) is 0 Å². The molecule has 1 aromatic carbocycles. The summed E-state index contributed by atoms with van der Waals surface area (Å²) in [6.45, 7) is 0. The van der Waals surface area contributed by atoms with Crippen molar-refractivity contribution in [2.24, 2.45) is 0 Å². The molecular formula is C14H15IN2O. The van der Waals surface area contributed by atoms with Gasteiger partial charge in [-0.15, -0.1) is 0 Å². The van der Waals surface area contributed by atoms with Crippen LogP contribution in [0.15, 0.2) is 24.3 Å². The highest BCUT2D eigenvalue weighted by Crippen LogP contribution is 2.27. The van der Waals surface area contributed by atoms with E-state index < -0.39 is 5.54 Å². The molecule has 0 bridgehead atoms. The van der Waals surface area contributed by atoms with E-state index in [0.717, 1.165) is 35.7 Å². The van der Waals surface area contributed by atoms with Crippen LogP contribution in [0.1, 0.15) is 42.5 Å². The Kier molecular flexibility index (Phi) is 4.23. The summed E-state index contributed by atoms with van der Waals surface area (Å²) < 4.78 is 1.02. The number of carbonyl (C=O) groups excluding carboxylic acids is 1. The van der Waals surface area contributed by atoms with Crippen LogP contribution < -0.4 is 5.32 Å². The average molecular weight is 354 g/mol. The van der Waals surface area contributed by atoms with E-state index in [1.807, 2.05) is 18.2 Å². The molecule has 1 amide bonds. The number of amides is 1. The zero-order valence-electron chi connectivity index (χ0n) is 10.1. The first kappa shape index (κ1) is 13.3. The van der Waals surface area contributed by atoms with E-state index in [2.05, 4.69) is 34.0 Å². The van der Waals surface area contributed by atoms with Crippen molar-refractivity contribution in [3.63, 3.8) is 0 Å². The molecule has 1 N–H and O–H groups in total. The molecule has 1 aliphatic carbocycles. The van der Waals surface area contributed by atoms with Crippen molar-refractivity contribution in [2.45, 2.75) is 37.6 Å². The standard InChI is InChI=1S/C14H15IN2O/c15-12-6-4-5-11(9-12)13(18)17-14(10-16)7-2-1-3-8-14/h4-6,9H,1-3,7-8H2,(H,17,18). The van der Waals surface area contributed by atoms with Crippen molar-refractivity contribution in [1.82, 2.24) is 5.32 Å². The van der Waals surface area contributed by atoms with Crippen molar-refractivity contribution in [2.75, 3.05) is 0 Å². The lowest BCUT2D eigenvalue weighted by molar-refractivity contribution is 0.0902. The quantitative estimate of drug-likeness (QED) is 0.829. The first-order valence-corrected chi connectivity index (χ1v) is 7.22. The van der Waals surface area contributed by atoms with Gasteiger partial charge in [0, 0.05) is 9.13 Å². The Morgan fingerprint density at radius 3 is 2.67 bits per heavy atom. The summed E-state index contributed by atoms with van der Waals surface area (Å²) in [5.74, 6) is -0.142. The number of nitrogens with one attached hydrogen (secondary N) is 1. The van der Waals surface area contributed by atoms with Crippen molar-refractivity contribution in [1.29, 1.82) is 5.26 Å². The van der Waals surface area contributed by atoms with Crippen LogP contribution in [0.5, 0.6) is 0 Å². The monoisotopic (exact) mass is 354 g/mol. The van der Waals surface area contributed by atoms with Crippen LogP contribution in [-0.4, -0.2) is 11.4 Å². The highest BCUT2D eigenvalue weighted by Gasteiger charge is 2.33. The Balaban J connectivity index is 2.13. The summed E-state index contributed by atoms with van der Waals surface area (Å²) in [7, 11) is 0. The third-order valence-corrected chi connectivity index (χ3v) is 4.03. The van der Waals surface area contributed by atoms with E-state index in [0.29, 0.717) is 5.56 Å². The molecule has 0 radical (unpaired) electrons. The molecule has 0 spiro atoms. The smallest absolute Gasteiger partial charge is 0.252 e. The van der Waals surface area contributed by atoms with Crippen LogP contribution in [0.25, 0.3) is 0 Å². The molecule has 1 aromatic rings. The van der Waals surface area contributed by atoms with Crippen molar-refractivity contribution < 1.29 is 4.79 Å². The SMILES string of the molecule is N#CC1(NC(=O)c2cccc(I)c2)CCCCC1. The molecule has 1 aliphatic rings. The Morgan fingerprint density at radius 1 is 1.33 bits per heavy atom. The second-order valence-corrected chi connectivity index (χ2v) is 5.96. The number of nitrogens with zero attached hydrogens (tertiary/aromatic N) is 1. The molecule has 0 aliphatic heterocycles. The lowest BCUT2D eigenvalue weighted by Gasteiger charge is -2.31. The van der Waals surface area contributed by atoms with Crippen LogP contribution in [0.2, 0.25) is 0 Å². The molecule has 18 heavy (non-hydrogen) atoms. The fourth-order valence-corrected chi connectivity index (χ4v) is 2.88. The van der Waals surface area contributed by atoms with Gasteiger partial charge in [0.1, 0.15) is 5.54 Å². The number of benzene rings is 1. The van der Waals surface area contributed by atoms with Gasteiger partial charge in [0.05, 0.1) is 6.07 Å². The summed E-state index contributed by atoms with van der Waals surface area (Å²) in [5, 5.41) is 12.2. The molecule has 1 saturated carbocycles. The first-order valence-electron chi connectivity index (χ1n) is 6.15. The Hall–Kier alpha value is -1.09. The van der Waals surface area contributed by atoms with Gasteiger partial charge in [0.15, 0.2) is 0 Å². The number of hydrogen-bond donors (Lipinski definition) is 1. The lowest BCUT2D eigenvalue weighted by Crippen LogP contribution is -2.48. The molecule has 0 aromatic heterocycles. The number of hydrogen-bond acceptors (Lipinski definition) is 2. The van der Waals surface area contributed by atoms with E-state index in [1.54, 1.807) is 6.07 Å². The maximum absolute atomic E-state index is 12.2. The summed E-state index contributed by atoms with van der Waals surface area (Å²) >= 11 is 2.18. The van der Waals surface area contributed by atoms with E-state index in [1.165, 1.54) is 0 Å². The van der Waals surface area contributed by atoms with Gasteiger partial charge in [-0.2, -0.15) is 5.26 Å². The van der Waals surface area contributed by atoms with E-state index in [4.69, 9.17) is 0 Å². The Labute approximate surface area is 121 Å². The van der Waals surface area contributed by atoms with Gasteiger partial charge in [-0.25, -0.2) is 0 Å². The fraction of sp³-hybridized carbons (Fsp3) is 0.429. The van der Waals surface area contributed by atoms with Gasteiger partial charge in [-0.1, -0.05) is 25.3 Å². The van der Waals surface area contributed by atoms with Crippen LogP contribution in [0.3, 0.4) is 0 Å². The largest absolute Gasteiger partial charge is 0.334 e. The molecule has 3 nitrogen and oxygen atoms in total. The zero-order chi connectivity index (χ0) is 13.0. The second-order valence-electron chi connectivity index (χ2n) is 4.72. The minimum atomic E-state index is -0.656. The summed E-state index contributed by atoms with van der Waals surface area (Å²) in [6.07, 6.45) is 4.71. The number of carbonyl (C=O) groups is 1. The third-order valence-electron chi connectivity index (χ3n) is 3.36. The predicted molar refractivity (Wildman–Crippen MR) is 78.1 cm³/mol. The fourth-order valence-electron chi connectivity index (χ4n) is 2.34. The normalized spacial score (nSPS) is 17.8. The minimum Gasteiger partial charge on any atom is -0.334 e. The molecule has 2 rings (SSSR count). The van der Waals surface area contributed by atoms with E-state index in [9.17, 15) is 10.1 Å². The predicted octanol–water partition coefficient (Wildman–Crippen LogP) is 3.25. The highest BCUT2D eigenvalue weighted by molar-refractivity contribution is 14.1. The molecule has 1 fully saturated rings. The minimum absolute atomic E-state index is 0.142. The van der Waals surface area contributed by atoms with Crippen molar-refractivity contribution >= 4 is 28.5 Å². The van der Waals surface area contributed by atoms with Gasteiger partial charge < -0.3 is 5.32 Å². The summed E-state index contributed by atoms with van der Waals surface area (Å²) in [4.78, 5) is 12.2. The number of nitriles is 1. The van der Waals surface area contributed by atoms with Crippen LogP contribution >= 0.6 is 22.6 Å². The van der Waals surface area contributed by atoms with Crippen LogP contribution in [0.4, 0.5) is 0 Å².